The van der Waals surface area contributed by atoms with Crippen LogP contribution in [0.1, 0.15) is 87.1 Å². The first-order valence-corrected chi connectivity index (χ1v) is 13.2. The van der Waals surface area contributed by atoms with Crippen LogP contribution in [0.5, 0.6) is 0 Å². The third kappa shape index (κ3) is 11.1. The second-order valence-corrected chi connectivity index (χ2v) is 9.40. The summed E-state index contributed by atoms with van der Waals surface area (Å²) in [4.78, 5) is 37.1. The maximum atomic E-state index is 12.9. The number of esters is 1. The predicted molar refractivity (Wildman–Crippen MR) is 142 cm³/mol. The smallest absolute Gasteiger partial charge is 0.416 e. The maximum absolute atomic E-state index is 12.9. The van der Waals surface area contributed by atoms with E-state index in [1.165, 1.54) is 38.2 Å². The molecular weight excluding hydrogens is 521 g/mol. The molecule has 0 saturated carbocycles. The van der Waals surface area contributed by atoms with Gasteiger partial charge in [-0.2, -0.15) is 13.2 Å². The lowest BCUT2D eigenvalue weighted by atomic mass is 10.1. The van der Waals surface area contributed by atoms with Crippen molar-refractivity contribution < 1.29 is 32.3 Å². The van der Waals surface area contributed by atoms with E-state index in [1.54, 1.807) is 18.2 Å². The zero-order valence-electron chi connectivity index (χ0n) is 21.5. The Labute approximate surface area is 226 Å². The fraction of sp³-hybridized carbons (Fsp3) is 0.464. The molecule has 208 valence electrons. The van der Waals surface area contributed by atoms with E-state index in [4.69, 9.17) is 16.3 Å². The molecule has 0 unspecified atom stereocenters. The molecule has 0 aliphatic carbocycles. The third-order valence-corrected chi connectivity index (χ3v) is 6.16. The highest BCUT2D eigenvalue weighted by Crippen LogP contribution is 2.33. The average molecular weight is 555 g/mol. The van der Waals surface area contributed by atoms with Crippen molar-refractivity contribution in [1.82, 2.24) is 0 Å². The van der Waals surface area contributed by atoms with Gasteiger partial charge < -0.3 is 15.4 Å². The van der Waals surface area contributed by atoms with Crippen LogP contribution in [-0.4, -0.2) is 24.4 Å². The quantitative estimate of drug-likeness (QED) is 0.172. The minimum Gasteiger partial charge on any atom is -0.452 e. The first kappa shape index (κ1) is 31.1. The van der Waals surface area contributed by atoms with Gasteiger partial charge in [-0.25, -0.2) is 4.79 Å². The van der Waals surface area contributed by atoms with Crippen molar-refractivity contribution in [3.63, 3.8) is 0 Å². The molecule has 2 aromatic rings. The Hall–Kier alpha value is -3.07. The van der Waals surface area contributed by atoms with Crippen molar-refractivity contribution in [2.24, 2.45) is 0 Å². The number of anilines is 2. The topological polar surface area (TPSA) is 84.5 Å². The van der Waals surface area contributed by atoms with Gasteiger partial charge in [-0.3, -0.25) is 9.59 Å². The third-order valence-electron chi connectivity index (χ3n) is 5.83. The summed E-state index contributed by atoms with van der Waals surface area (Å²) in [7, 11) is 0. The van der Waals surface area contributed by atoms with Crippen LogP contribution in [0.4, 0.5) is 24.5 Å². The highest BCUT2D eigenvalue weighted by molar-refractivity contribution is 6.33. The summed E-state index contributed by atoms with van der Waals surface area (Å²) in [6, 6.07) is 8.72. The lowest BCUT2D eigenvalue weighted by Gasteiger charge is -2.13. The average Bonchev–Trinajstić information content (AvgIpc) is 2.87. The predicted octanol–water partition coefficient (Wildman–Crippen LogP) is 8.01. The number of carbonyl (C=O) groups excluding carboxylic acids is 3. The molecule has 0 aliphatic heterocycles. The van der Waals surface area contributed by atoms with Crippen molar-refractivity contribution >= 4 is 40.8 Å². The number of rotatable bonds is 15. The summed E-state index contributed by atoms with van der Waals surface area (Å²) in [5.41, 5.74) is -0.939. The molecule has 0 aliphatic rings. The zero-order valence-corrected chi connectivity index (χ0v) is 22.2. The van der Waals surface area contributed by atoms with E-state index in [1.807, 2.05) is 0 Å². The molecule has 0 spiro atoms. The Kier molecular flexibility index (Phi) is 13.1. The Morgan fingerprint density at radius 1 is 0.816 bits per heavy atom. The highest BCUT2D eigenvalue weighted by Gasteiger charge is 2.31. The number of halogens is 4. The molecule has 0 aromatic heterocycles. The fourth-order valence-electron chi connectivity index (χ4n) is 3.77. The first-order valence-electron chi connectivity index (χ1n) is 12.8. The van der Waals surface area contributed by atoms with Gasteiger partial charge >= 0.3 is 12.1 Å². The molecular formula is C28H34ClF3N2O4. The van der Waals surface area contributed by atoms with Crippen LogP contribution in [0.2, 0.25) is 5.02 Å². The summed E-state index contributed by atoms with van der Waals surface area (Å²) in [5.74, 6) is -1.97. The summed E-state index contributed by atoms with van der Waals surface area (Å²) in [5, 5.41) is 4.82. The van der Waals surface area contributed by atoms with Crippen LogP contribution in [0, 0.1) is 0 Å². The van der Waals surface area contributed by atoms with E-state index in [2.05, 4.69) is 17.6 Å². The van der Waals surface area contributed by atoms with Gasteiger partial charge in [0.1, 0.15) is 0 Å². The number of hydrogen-bond donors (Lipinski definition) is 2. The zero-order chi connectivity index (χ0) is 28.0. The number of nitrogens with one attached hydrogen (secondary N) is 2. The van der Waals surface area contributed by atoms with Gasteiger partial charge in [0.05, 0.1) is 27.5 Å². The van der Waals surface area contributed by atoms with Crippen LogP contribution >= 0.6 is 11.6 Å². The van der Waals surface area contributed by atoms with Crippen molar-refractivity contribution in [1.29, 1.82) is 0 Å². The maximum Gasteiger partial charge on any atom is 0.416 e. The van der Waals surface area contributed by atoms with E-state index in [9.17, 15) is 27.6 Å². The molecule has 38 heavy (non-hydrogen) atoms. The molecule has 0 bridgehead atoms. The van der Waals surface area contributed by atoms with E-state index in [0.29, 0.717) is 12.5 Å². The van der Waals surface area contributed by atoms with E-state index in [-0.39, 0.29) is 27.9 Å². The molecule has 0 radical (unpaired) electrons. The molecule has 2 rings (SSSR count). The number of carbonyl (C=O) groups is 3. The molecule has 10 heteroatoms. The molecule has 2 amide bonds. The molecule has 6 nitrogen and oxygen atoms in total. The van der Waals surface area contributed by atoms with Crippen LogP contribution in [0.3, 0.4) is 0 Å². The normalized spacial score (nSPS) is 11.2. The second kappa shape index (κ2) is 16.0. The van der Waals surface area contributed by atoms with Gasteiger partial charge in [-0.05, 0) is 36.8 Å². The summed E-state index contributed by atoms with van der Waals surface area (Å²) in [6.45, 7) is 1.43. The van der Waals surface area contributed by atoms with E-state index < -0.39 is 30.2 Å². The number of amides is 2. The Balaban J connectivity index is 1.81. The van der Waals surface area contributed by atoms with Gasteiger partial charge in [-0.15, -0.1) is 0 Å². The van der Waals surface area contributed by atoms with Gasteiger partial charge in [0.25, 0.3) is 5.91 Å². The number of hydrogen-bond acceptors (Lipinski definition) is 4. The number of alkyl halides is 3. The Morgan fingerprint density at radius 2 is 1.42 bits per heavy atom. The molecule has 0 saturated heterocycles. The number of ether oxygens (including phenoxy) is 1. The van der Waals surface area contributed by atoms with Gasteiger partial charge in [-0.1, -0.05) is 82.0 Å². The monoisotopic (exact) mass is 554 g/mol. The molecule has 2 N–H and O–H groups in total. The van der Waals surface area contributed by atoms with E-state index in [0.717, 1.165) is 37.8 Å². The minimum atomic E-state index is -4.61. The van der Waals surface area contributed by atoms with Crippen LogP contribution in [0.15, 0.2) is 42.5 Å². The first-order chi connectivity index (χ1) is 18.1. The van der Waals surface area contributed by atoms with Crippen LogP contribution in [0.25, 0.3) is 0 Å². The standard InChI is InChI=1S/C28H34ClF3N2O4/c1-2-3-4-5-6-7-8-9-10-15-25(35)33-23-14-12-11-13-21(23)27(37)38-19-26(36)34-24-18-20(28(30,31)32)16-17-22(24)29/h11-14,16-18H,2-10,15,19H2,1H3,(H,33,35)(H,34,36). The number of para-hydroxylation sites is 1. The van der Waals surface area contributed by atoms with Crippen molar-refractivity contribution in [2.75, 3.05) is 17.2 Å². The molecule has 0 heterocycles. The highest BCUT2D eigenvalue weighted by atomic mass is 35.5. The number of unbranched alkanes of at least 4 members (excludes halogenated alkanes) is 8. The lowest BCUT2D eigenvalue weighted by Crippen LogP contribution is -2.22. The van der Waals surface area contributed by atoms with Gasteiger partial charge in [0.15, 0.2) is 6.61 Å². The summed E-state index contributed by atoms with van der Waals surface area (Å²) >= 11 is 5.87. The minimum absolute atomic E-state index is 0.0535. The van der Waals surface area contributed by atoms with E-state index >= 15 is 0 Å². The van der Waals surface area contributed by atoms with Crippen LogP contribution < -0.4 is 10.6 Å². The largest absolute Gasteiger partial charge is 0.452 e. The molecule has 0 atom stereocenters. The van der Waals surface area contributed by atoms with Crippen molar-refractivity contribution in [2.45, 2.75) is 77.3 Å². The SMILES string of the molecule is CCCCCCCCCCCC(=O)Nc1ccccc1C(=O)OCC(=O)Nc1cc(C(F)(F)F)ccc1Cl. The summed E-state index contributed by atoms with van der Waals surface area (Å²) in [6.07, 6.45) is 5.88. The summed E-state index contributed by atoms with van der Waals surface area (Å²) < 4.78 is 43.8. The lowest BCUT2D eigenvalue weighted by molar-refractivity contribution is -0.137. The fourth-order valence-corrected chi connectivity index (χ4v) is 3.94. The second-order valence-electron chi connectivity index (χ2n) is 8.99. The van der Waals surface area contributed by atoms with Gasteiger partial charge in [0, 0.05) is 6.42 Å². The number of benzene rings is 2. The Morgan fingerprint density at radius 3 is 2.08 bits per heavy atom. The Bertz CT molecular complexity index is 1080. The van der Waals surface area contributed by atoms with Crippen LogP contribution in [-0.2, 0) is 20.5 Å². The van der Waals surface area contributed by atoms with Crippen molar-refractivity contribution in [3.05, 3.63) is 58.6 Å². The van der Waals surface area contributed by atoms with Crippen molar-refractivity contribution in [3.8, 4) is 0 Å². The van der Waals surface area contributed by atoms with Gasteiger partial charge in [0.2, 0.25) is 5.91 Å². The molecule has 2 aromatic carbocycles. The molecule has 0 fully saturated rings.